The van der Waals surface area contributed by atoms with Crippen molar-refractivity contribution >= 4 is 31.0 Å². The third-order valence-electron chi connectivity index (χ3n) is 2.40. The van der Waals surface area contributed by atoms with Crippen molar-refractivity contribution in [3.63, 3.8) is 0 Å². The molecule has 0 aliphatic carbocycles. The molecule has 0 saturated heterocycles. The molecule has 104 valence electrons. The van der Waals surface area contributed by atoms with Gasteiger partial charge in [0.05, 0.1) is 0 Å². The maximum absolute atomic E-state index is 11.2. The first-order valence-electron chi connectivity index (χ1n) is 4.68. The summed E-state index contributed by atoms with van der Waals surface area (Å²) in [4.78, 5) is -0.823. The third kappa shape index (κ3) is 2.91. The Hall–Kier alpha value is -1.52. The van der Waals surface area contributed by atoms with Crippen LogP contribution in [0, 0.1) is 0 Å². The van der Waals surface area contributed by atoms with Crippen molar-refractivity contribution in [2.24, 2.45) is 0 Å². The van der Waals surface area contributed by atoms with E-state index < -0.39 is 30.0 Å². The van der Waals surface area contributed by atoms with E-state index in [1.165, 1.54) is 24.3 Å². The van der Waals surface area contributed by atoms with Crippen LogP contribution in [0.25, 0.3) is 10.8 Å². The van der Waals surface area contributed by atoms with Crippen molar-refractivity contribution in [3.8, 4) is 0 Å². The highest BCUT2D eigenvalue weighted by atomic mass is 32.2. The molecule has 2 aromatic rings. The van der Waals surface area contributed by atoms with Gasteiger partial charge in [-0.2, -0.15) is 16.8 Å². The molecular weight excluding hydrogens is 294 g/mol. The first-order valence-corrected chi connectivity index (χ1v) is 7.56. The predicted molar refractivity (Wildman–Crippen MR) is 68.6 cm³/mol. The van der Waals surface area contributed by atoms with Gasteiger partial charge in [0, 0.05) is 10.8 Å². The molecule has 0 bridgehead atoms. The minimum absolute atomic E-state index is 0. The highest BCUT2D eigenvalue weighted by Crippen LogP contribution is 2.27. The first kappa shape index (κ1) is 15.5. The summed E-state index contributed by atoms with van der Waals surface area (Å²) < 4.78 is 62.7. The van der Waals surface area contributed by atoms with Crippen LogP contribution in [0.2, 0.25) is 0 Å². The van der Waals surface area contributed by atoms with Gasteiger partial charge in [0.1, 0.15) is 9.79 Å². The monoisotopic (exact) mass is 305 g/mol. The summed E-state index contributed by atoms with van der Waals surface area (Å²) in [6.45, 7) is 0. The van der Waals surface area contributed by atoms with E-state index in [1.807, 2.05) is 0 Å². The van der Waals surface area contributed by atoms with E-state index in [1.54, 1.807) is 0 Å². The Labute approximate surface area is 110 Å². The molecule has 0 spiro atoms. The summed E-state index contributed by atoms with van der Waals surface area (Å²) in [6, 6.07) is 7.53. The van der Waals surface area contributed by atoms with Gasteiger partial charge < -0.3 is 6.15 Å². The van der Waals surface area contributed by atoms with Crippen LogP contribution in [0.3, 0.4) is 0 Å². The van der Waals surface area contributed by atoms with Gasteiger partial charge in [-0.25, -0.2) is 0 Å². The van der Waals surface area contributed by atoms with E-state index in [0.29, 0.717) is 0 Å². The van der Waals surface area contributed by atoms with Crippen molar-refractivity contribution in [3.05, 3.63) is 36.4 Å². The molecule has 0 aromatic heterocycles. The summed E-state index contributed by atoms with van der Waals surface area (Å²) in [5.74, 6) is 0. The molecule has 0 saturated carbocycles. The van der Waals surface area contributed by atoms with E-state index in [4.69, 9.17) is 9.11 Å². The second-order valence-corrected chi connectivity index (χ2v) is 6.34. The van der Waals surface area contributed by atoms with E-state index >= 15 is 0 Å². The van der Waals surface area contributed by atoms with Gasteiger partial charge in [-0.15, -0.1) is 0 Å². The maximum Gasteiger partial charge on any atom is 0.295 e. The molecule has 19 heavy (non-hydrogen) atoms. The number of hydrogen-bond donors (Lipinski definition) is 3. The molecule has 0 aliphatic heterocycles. The van der Waals surface area contributed by atoms with Gasteiger partial charge in [0.15, 0.2) is 0 Å². The Morgan fingerprint density at radius 2 is 1.00 bits per heavy atom. The molecule has 2 aromatic carbocycles. The lowest BCUT2D eigenvalue weighted by molar-refractivity contribution is 0.481. The fourth-order valence-corrected chi connectivity index (χ4v) is 3.12. The van der Waals surface area contributed by atoms with Crippen molar-refractivity contribution in [1.82, 2.24) is 6.15 Å². The number of hydrogen-bond acceptors (Lipinski definition) is 5. The molecule has 0 heterocycles. The summed E-state index contributed by atoms with van der Waals surface area (Å²) in [5.41, 5.74) is 0. The van der Waals surface area contributed by atoms with Crippen LogP contribution < -0.4 is 6.15 Å². The van der Waals surface area contributed by atoms with Crippen LogP contribution in [0.1, 0.15) is 0 Å². The van der Waals surface area contributed by atoms with Crippen molar-refractivity contribution in [2.45, 2.75) is 9.79 Å². The molecule has 0 radical (unpaired) electrons. The van der Waals surface area contributed by atoms with Gasteiger partial charge >= 0.3 is 0 Å². The van der Waals surface area contributed by atoms with Gasteiger partial charge in [0.2, 0.25) is 0 Å². The zero-order valence-electron chi connectivity index (χ0n) is 9.52. The van der Waals surface area contributed by atoms with Crippen molar-refractivity contribution in [1.29, 1.82) is 0 Å². The Balaban J connectivity index is 0.00000180. The average molecular weight is 305 g/mol. The summed E-state index contributed by atoms with van der Waals surface area (Å²) >= 11 is 0. The van der Waals surface area contributed by atoms with Crippen LogP contribution in [-0.2, 0) is 20.2 Å². The zero-order chi connectivity index (χ0) is 13.6. The molecule has 5 N–H and O–H groups in total. The topological polar surface area (TPSA) is 144 Å². The molecular formula is C10H11NO6S2. The lowest BCUT2D eigenvalue weighted by Gasteiger charge is -2.06. The lowest BCUT2D eigenvalue weighted by atomic mass is 10.1. The lowest BCUT2D eigenvalue weighted by Crippen LogP contribution is -2.02. The second kappa shape index (κ2) is 4.87. The van der Waals surface area contributed by atoms with E-state index in [-0.39, 0.29) is 16.9 Å². The van der Waals surface area contributed by atoms with Gasteiger partial charge in [-0.1, -0.05) is 24.3 Å². The summed E-state index contributed by atoms with van der Waals surface area (Å²) in [5, 5.41) is 0.0465. The molecule has 0 unspecified atom stereocenters. The standard InChI is InChI=1S/C10H8O6S2.H3N/c11-17(12,13)9-5-1-3-7-8(9)4-2-6-10(7)18(14,15)16;/h1-6H,(H,11,12,13)(H,14,15,16);1H3. The molecule has 0 amide bonds. The highest BCUT2D eigenvalue weighted by molar-refractivity contribution is 7.86. The smallest absolute Gasteiger partial charge is 0.295 e. The molecule has 0 fully saturated rings. The molecule has 2 rings (SSSR count). The van der Waals surface area contributed by atoms with Gasteiger partial charge in [0.25, 0.3) is 20.2 Å². The van der Waals surface area contributed by atoms with Gasteiger partial charge in [-0.3, -0.25) is 9.11 Å². The van der Waals surface area contributed by atoms with E-state index in [9.17, 15) is 16.8 Å². The van der Waals surface area contributed by atoms with Crippen LogP contribution in [0.15, 0.2) is 46.2 Å². The quantitative estimate of drug-likeness (QED) is 0.713. The molecule has 9 heteroatoms. The third-order valence-corrected chi connectivity index (χ3v) is 4.22. The fourth-order valence-electron chi connectivity index (χ4n) is 1.70. The maximum atomic E-state index is 11.2. The normalized spacial score (nSPS) is 12.1. The predicted octanol–water partition coefficient (Wildman–Crippen LogP) is 1.50. The van der Waals surface area contributed by atoms with Crippen molar-refractivity contribution in [2.75, 3.05) is 0 Å². The average Bonchev–Trinajstić information content (AvgIpc) is 2.24. The number of benzene rings is 2. The Bertz CT molecular complexity index is 755. The molecule has 0 aliphatic rings. The van der Waals surface area contributed by atoms with Crippen LogP contribution in [-0.4, -0.2) is 25.9 Å². The highest BCUT2D eigenvalue weighted by Gasteiger charge is 2.18. The van der Waals surface area contributed by atoms with Crippen molar-refractivity contribution < 1.29 is 25.9 Å². The van der Waals surface area contributed by atoms with Crippen LogP contribution in [0.5, 0.6) is 0 Å². The Morgan fingerprint density at radius 1 is 0.684 bits per heavy atom. The van der Waals surface area contributed by atoms with E-state index in [2.05, 4.69) is 0 Å². The summed E-state index contributed by atoms with van der Waals surface area (Å²) in [7, 11) is -8.94. The second-order valence-electron chi connectivity index (χ2n) is 3.56. The Kier molecular flexibility index (Phi) is 3.98. The molecule has 7 nitrogen and oxygen atoms in total. The minimum atomic E-state index is -4.47. The fraction of sp³-hybridized carbons (Fsp3) is 0. The summed E-state index contributed by atoms with van der Waals surface area (Å²) in [6.07, 6.45) is 0. The minimum Gasteiger partial charge on any atom is -0.344 e. The Morgan fingerprint density at radius 3 is 1.26 bits per heavy atom. The first-order chi connectivity index (χ1) is 8.21. The zero-order valence-corrected chi connectivity index (χ0v) is 11.1. The molecule has 0 atom stereocenters. The number of rotatable bonds is 2. The number of fused-ring (bicyclic) bond motifs is 1. The van der Waals surface area contributed by atoms with E-state index in [0.717, 1.165) is 12.1 Å². The largest absolute Gasteiger partial charge is 0.344 e. The SMILES string of the molecule is N.O=S(=O)(O)c1cccc2c(S(=O)(=O)O)cccc12. The van der Waals surface area contributed by atoms with Crippen LogP contribution >= 0.6 is 0 Å². The van der Waals surface area contributed by atoms with Crippen LogP contribution in [0.4, 0.5) is 0 Å². The van der Waals surface area contributed by atoms with Gasteiger partial charge in [-0.05, 0) is 12.1 Å².